The van der Waals surface area contributed by atoms with E-state index in [1.54, 1.807) is 31.2 Å². The molecule has 8 nitrogen and oxygen atoms in total. The van der Waals surface area contributed by atoms with Gasteiger partial charge >= 0.3 is 11.5 Å². The lowest BCUT2D eigenvalue weighted by molar-refractivity contribution is 0.439. The third-order valence-electron chi connectivity index (χ3n) is 5.74. The molecule has 32 heavy (non-hydrogen) atoms. The van der Waals surface area contributed by atoms with Gasteiger partial charge in [0.25, 0.3) is 0 Å². The van der Waals surface area contributed by atoms with Gasteiger partial charge in [-0.1, -0.05) is 31.0 Å². The molecule has 0 bridgehead atoms. The number of anilines is 1. The fourth-order valence-corrected chi connectivity index (χ4v) is 4.18. The number of benzene rings is 1. The van der Waals surface area contributed by atoms with Crippen molar-refractivity contribution in [3.63, 3.8) is 0 Å². The van der Waals surface area contributed by atoms with Gasteiger partial charge in [-0.25, -0.2) is 4.79 Å². The van der Waals surface area contributed by atoms with Gasteiger partial charge in [-0.2, -0.15) is 10.2 Å². The highest BCUT2D eigenvalue weighted by Crippen LogP contribution is 2.26. The molecule has 1 atom stereocenters. The van der Waals surface area contributed by atoms with E-state index < -0.39 is 0 Å². The first-order valence-corrected chi connectivity index (χ1v) is 10.6. The lowest BCUT2D eigenvalue weighted by atomic mass is 10.0. The number of aromatic nitrogens is 4. The van der Waals surface area contributed by atoms with Gasteiger partial charge in [-0.3, -0.25) is 9.13 Å². The van der Waals surface area contributed by atoms with Crippen LogP contribution < -0.4 is 10.5 Å². The number of rotatable bonds is 4. The second-order valence-electron chi connectivity index (χ2n) is 7.97. The fraction of sp³-hybridized carbons (Fsp3) is 0.375. The summed E-state index contributed by atoms with van der Waals surface area (Å²) < 4.78 is 3.14. The Balaban J connectivity index is 1.92. The first-order chi connectivity index (χ1) is 15.6. The number of fused-ring (bicyclic) bond motifs is 1. The normalized spacial score (nSPS) is 15.6. The van der Waals surface area contributed by atoms with E-state index in [1.165, 1.54) is 4.57 Å². The van der Waals surface area contributed by atoms with Gasteiger partial charge in [0.1, 0.15) is 0 Å². The van der Waals surface area contributed by atoms with Gasteiger partial charge in [0.15, 0.2) is 5.52 Å². The third-order valence-corrected chi connectivity index (χ3v) is 5.74. The summed E-state index contributed by atoms with van der Waals surface area (Å²) in [6.07, 6.45) is 2.22. The van der Waals surface area contributed by atoms with E-state index in [2.05, 4.69) is 44.5 Å². The molecule has 0 aliphatic carbocycles. The molecule has 8 heteroatoms. The van der Waals surface area contributed by atoms with E-state index in [4.69, 9.17) is 6.57 Å². The molecule has 2 aromatic heterocycles. The smallest absolute Gasteiger partial charge is 0.343 e. The molecule has 160 valence electrons. The third kappa shape index (κ3) is 3.82. The SMILES string of the molecule is [C-]#[N+]c1nc2nc(N3CCCC(C)C3)n(CC#CC)c2c(=O)n1Cc1ccccc1C#N. The van der Waals surface area contributed by atoms with Crippen molar-refractivity contribution in [2.45, 2.75) is 39.8 Å². The van der Waals surface area contributed by atoms with Crippen LogP contribution in [0, 0.1) is 35.7 Å². The Hall–Kier alpha value is -4.09. The maximum atomic E-state index is 13.6. The van der Waals surface area contributed by atoms with E-state index in [-0.39, 0.29) is 23.7 Å². The van der Waals surface area contributed by atoms with Crippen molar-refractivity contribution in [3.8, 4) is 17.9 Å². The van der Waals surface area contributed by atoms with Crippen LogP contribution >= 0.6 is 0 Å². The number of nitrogens with zero attached hydrogens (tertiary/aromatic N) is 7. The van der Waals surface area contributed by atoms with Crippen LogP contribution in [0.15, 0.2) is 29.1 Å². The Morgan fingerprint density at radius 2 is 2.09 bits per heavy atom. The van der Waals surface area contributed by atoms with Gasteiger partial charge in [-0.05, 0) is 31.7 Å². The fourth-order valence-electron chi connectivity index (χ4n) is 4.18. The van der Waals surface area contributed by atoms with Crippen molar-refractivity contribution in [1.82, 2.24) is 19.1 Å². The molecular formula is C24H23N7O. The Labute approximate surface area is 186 Å². The van der Waals surface area contributed by atoms with Crippen molar-refractivity contribution < 1.29 is 0 Å². The quantitative estimate of drug-likeness (QED) is 0.473. The summed E-state index contributed by atoms with van der Waals surface area (Å²) >= 11 is 0. The maximum absolute atomic E-state index is 13.6. The molecule has 3 aromatic rings. The minimum Gasteiger partial charge on any atom is -0.396 e. The zero-order chi connectivity index (χ0) is 22.7. The summed E-state index contributed by atoms with van der Waals surface area (Å²) in [6, 6.07) is 9.20. The number of hydrogen-bond acceptors (Lipinski definition) is 5. The average molecular weight is 425 g/mol. The summed E-state index contributed by atoms with van der Waals surface area (Å²) in [6.45, 7) is 13.7. The standard InChI is InChI=1S/C24H23N7O/c1-4-5-13-30-20-21(28-24(30)29-12-8-9-17(2)15-29)27-23(26-3)31(22(20)32)16-19-11-7-6-10-18(19)14-25/h6-7,10-11,17H,8-9,12-13,15-16H2,1-2H3. The van der Waals surface area contributed by atoms with Crippen molar-refractivity contribution in [2.24, 2.45) is 5.92 Å². The van der Waals surface area contributed by atoms with E-state index in [0.29, 0.717) is 35.1 Å². The van der Waals surface area contributed by atoms with Crippen LogP contribution in [0.25, 0.3) is 16.0 Å². The lowest BCUT2D eigenvalue weighted by Crippen LogP contribution is -2.36. The maximum Gasteiger partial charge on any atom is 0.343 e. The summed E-state index contributed by atoms with van der Waals surface area (Å²) in [5.41, 5.74) is 1.37. The summed E-state index contributed by atoms with van der Waals surface area (Å²) in [4.78, 5) is 28.4. The average Bonchev–Trinajstić information content (AvgIpc) is 3.18. The summed E-state index contributed by atoms with van der Waals surface area (Å²) in [7, 11) is 0. The van der Waals surface area contributed by atoms with E-state index in [9.17, 15) is 10.1 Å². The number of hydrogen-bond donors (Lipinski definition) is 0. The molecule has 0 amide bonds. The summed E-state index contributed by atoms with van der Waals surface area (Å²) in [5.74, 6) is 7.09. The minimum absolute atomic E-state index is 0.0416. The van der Waals surface area contributed by atoms with Crippen LogP contribution in [0.2, 0.25) is 0 Å². The minimum atomic E-state index is -0.351. The molecule has 1 unspecified atom stereocenters. The molecule has 1 aromatic carbocycles. The first-order valence-electron chi connectivity index (χ1n) is 10.6. The van der Waals surface area contributed by atoms with Crippen LogP contribution in [-0.2, 0) is 13.1 Å². The van der Waals surface area contributed by atoms with Gasteiger partial charge < -0.3 is 9.74 Å². The molecule has 1 saturated heterocycles. The number of piperidine rings is 1. The highest BCUT2D eigenvalue weighted by molar-refractivity contribution is 5.76. The zero-order valence-electron chi connectivity index (χ0n) is 18.2. The van der Waals surface area contributed by atoms with Gasteiger partial charge in [-0.15, -0.1) is 17.5 Å². The Morgan fingerprint density at radius 3 is 2.81 bits per heavy atom. The van der Waals surface area contributed by atoms with Gasteiger partial charge in [0.05, 0.1) is 24.7 Å². The first kappa shape index (κ1) is 21.2. The van der Waals surface area contributed by atoms with E-state index in [0.717, 1.165) is 25.9 Å². The molecule has 1 aliphatic rings. The highest BCUT2D eigenvalue weighted by Gasteiger charge is 2.27. The molecule has 1 fully saturated rings. The lowest BCUT2D eigenvalue weighted by Gasteiger charge is -2.31. The zero-order valence-corrected chi connectivity index (χ0v) is 18.2. The second-order valence-corrected chi connectivity index (χ2v) is 7.97. The monoisotopic (exact) mass is 425 g/mol. The Morgan fingerprint density at radius 1 is 1.28 bits per heavy atom. The van der Waals surface area contributed by atoms with Crippen molar-refractivity contribution >= 4 is 23.1 Å². The predicted molar refractivity (Wildman–Crippen MR) is 122 cm³/mol. The largest absolute Gasteiger partial charge is 0.396 e. The predicted octanol–water partition coefficient (Wildman–Crippen LogP) is 3.32. The molecule has 4 rings (SSSR count). The van der Waals surface area contributed by atoms with Crippen molar-refractivity contribution in [1.29, 1.82) is 5.26 Å². The molecule has 1 aliphatic heterocycles. The topological polar surface area (TPSA) is 84.1 Å². The van der Waals surface area contributed by atoms with Gasteiger partial charge in [0, 0.05) is 18.7 Å². The van der Waals surface area contributed by atoms with E-state index in [1.807, 2.05) is 4.57 Å². The molecule has 3 heterocycles. The van der Waals surface area contributed by atoms with E-state index >= 15 is 0 Å². The molecule has 0 spiro atoms. The molecule has 0 saturated carbocycles. The van der Waals surface area contributed by atoms with Crippen molar-refractivity contribution in [2.75, 3.05) is 18.0 Å². The highest BCUT2D eigenvalue weighted by atomic mass is 16.1. The van der Waals surface area contributed by atoms with Crippen LogP contribution in [0.5, 0.6) is 0 Å². The Bertz CT molecular complexity index is 1370. The van der Waals surface area contributed by atoms with Crippen LogP contribution in [0.4, 0.5) is 11.9 Å². The molecule has 0 N–H and O–H groups in total. The molecule has 0 radical (unpaired) electrons. The number of nitriles is 1. The Kier molecular flexibility index (Phi) is 5.92. The van der Waals surface area contributed by atoms with Crippen molar-refractivity contribution in [3.05, 3.63) is 57.2 Å². The van der Waals surface area contributed by atoms with Crippen LogP contribution in [0.3, 0.4) is 0 Å². The van der Waals surface area contributed by atoms with Crippen LogP contribution in [-0.4, -0.2) is 32.2 Å². The summed E-state index contributed by atoms with van der Waals surface area (Å²) in [5, 5.41) is 9.43. The van der Waals surface area contributed by atoms with Gasteiger partial charge in [0.2, 0.25) is 11.6 Å². The molecular weight excluding hydrogens is 402 g/mol. The van der Waals surface area contributed by atoms with Crippen LogP contribution in [0.1, 0.15) is 37.8 Å². The number of imidazole rings is 1. The second kappa shape index (κ2) is 8.96.